The molecule has 0 fully saturated rings. The summed E-state index contributed by atoms with van der Waals surface area (Å²) >= 11 is 3.40. The van der Waals surface area contributed by atoms with Crippen molar-refractivity contribution in [1.29, 1.82) is 0 Å². The van der Waals surface area contributed by atoms with E-state index in [1.165, 1.54) is 6.08 Å². The van der Waals surface area contributed by atoms with Crippen LogP contribution in [0.15, 0.2) is 53.0 Å². The van der Waals surface area contributed by atoms with Gasteiger partial charge in [-0.3, -0.25) is 4.79 Å². The molecule has 0 bridgehead atoms. The Morgan fingerprint density at radius 2 is 1.75 bits per heavy atom. The number of nitrogens with one attached hydrogen (secondary N) is 1. The molecule has 0 aliphatic heterocycles. The fourth-order valence-electron chi connectivity index (χ4n) is 2.22. The van der Waals surface area contributed by atoms with Gasteiger partial charge in [-0.25, -0.2) is 0 Å². The first-order valence-corrected chi connectivity index (χ1v) is 8.29. The second kappa shape index (κ2) is 8.55. The van der Waals surface area contributed by atoms with E-state index in [9.17, 15) is 4.79 Å². The van der Waals surface area contributed by atoms with Crippen molar-refractivity contribution < 1.29 is 14.3 Å². The fraction of sp³-hybridized carbons (Fsp3) is 0.211. The Labute approximate surface area is 150 Å². The average molecular weight is 390 g/mol. The molecule has 0 aliphatic carbocycles. The van der Waals surface area contributed by atoms with Gasteiger partial charge in [0, 0.05) is 10.5 Å². The Morgan fingerprint density at radius 3 is 2.38 bits per heavy atom. The van der Waals surface area contributed by atoms with E-state index < -0.39 is 0 Å². The largest absolute Gasteiger partial charge is 0.493 e. The van der Waals surface area contributed by atoms with E-state index in [1.807, 2.05) is 43.3 Å². The molecule has 0 aromatic heterocycles. The molecule has 2 rings (SSSR count). The monoisotopic (exact) mass is 389 g/mol. The molecule has 2 aromatic carbocycles. The number of carbonyl (C=O) groups is 1. The number of methoxy groups -OCH3 is 2. The number of hydrogen-bond acceptors (Lipinski definition) is 3. The third-order valence-electron chi connectivity index (χ3n) is 3.56. The Kier molecular flexibility index (Phi) is 6.44. The summed E-state index contributed by atoms with van der Waals surface area (Å²) in [7, 11) is 3.17. The van der Waals surface area contributed by atoms with Crippen molar-refractivity contribution in [1.82, 2.24) is 5.32 Å². The highest BCUT2D eigenvalue weighted by Gasteiger charge is 2.07. The van der Waals surface area contributed by atoms with Gasteiger partial charge in [0.15, 0.2) is 11.5 Å². The standard InChI is InChI=1S/C19H20BrNO3/c1-13(15-6-8-16(20)9-7-15)21-19(22)11-5-14-4-10-17(23-2)18(12-14)24-3/h4-13H,1-3H3,(H,21,22)/b11-5+/t13-/m1/s1. The summed E-state index contributed by atoms with van der Waals surface area (Å²) in [6.07, 6.45) is 3.25. The van der Waals surface area contributed by atoms with Crippen LogP contribution in [-0.4, -0.2) is 20.1 Å². The van der Waals surface area contributed by atoms with Crippen LogP contribution in [0.4, 0.5) is 0 Å². The van der Waals surface area contributed by atoms with E-state index in [0.29, 0.717) is 11.5 Å². The molecule has 0 saturated heterocycles. The van der Waals surface area contributed by atoms with Crippen molar-refractivity contribution in [2.45, 2.75) is 13.0 Å². The van der Waals surface area contributed by atoms with Crippen molar-refractivity contribution in [3.05, 3.63) is 64.1 Å². The van der Waals surface area contributed by atoms with E-state index in [0.717, 1.165) is 15.6 Å². The number of rotatable bonds is 6. The van der Waals surface area contributed by atoms with Crippen LogP contribution in [0.3, 0.4) is 0 Å². The van der Waals surface area contributed by atoms with E-state index in [4.69, 9.17) is 9.47 Å². The predicted octanol–water partition coefficient (Wildman–Crippen LogP) is 4.36. The first kappa shape index (κ1) is 18.1. The minimum absolute atomic E-state index is 0.0688. The Balaban J connectivity index is 2.01. The van der Waals surface area contributed by atoms with Gasteiger partial charge in [0.2, 0.25) is 5.91 Å². The van der Waals surface area contributed by atoms with E-state index in [1.54, 1.807) is 26.4 Å². The highest BCUT2D eigenvalue weighted by molar-refractivity contribution is 9.10. The molecule has 1 N–H and O–H groups in total. The summed E-state index contributed by atoms with van der Waals surface area (Å²) in [4.78, 5) is 12.1. The predicted molar refractivity (Wildman–Crippen MR) is 99.3 cm³/mol. The Morgan fingerprint density at radius 1 is 1.08 bits per heavy atom. The van der Waals surface area contributed by atoms with Crippen LogP contribution in [0.2, 0.25) is 0 Å². The van der Waals surface area contributed by atoms with Gasteiger partial charge in [0.05, 0.1) is 20.3 Å². The lowest BCUT2D eigenvalue weighted by Gasteiger charge is -2.13. The highest BCUT2D eigenvalue weighted by atomic mass is 79.9. The SMILES string of the molecule is COc1ccc(/C=C/C(=O)N[C@H](C)c2ccc(Br)cc2)cc1OC. The van der Waals surface area contributed by atoms with E-state index in [-0.39, 0.29) is 11.9 Å². The van der Waals surface area contributed by atoms with Gasteiger partial charge >= 0.3 is 0 Å². The lowest BCUT2D eigenvalue weighted by Crippen LogP contribution is -2.24. The van der Waals surface area contributed by atoms with Crippen LogP contribution in [-0.2, 0) is 4.79 Å². The van der Waals surface area contributed by atoms with E-state index in [2.05, 4.69) is 21.2 Å². The highest BCUT2D eigenvalue weighted by Crippen LogP contribution is 2.28. The zero-order chi connectivity index (χ0) is 17.5. The van der Waals surface area contributed by atoms with Crippen LogP contribution in [0, 0.1) is 0 Å². The molecule has 1 atom stereocenters. The van der Waals surface area contributed by atoms with Gasteiger partial charge in [-0.2, -0.15) is 0 Å². The summed E-state index contributed by atoms with van der Waals surface area (Å²) in [5.41, 5.74) is 1.91. The number of carbonyl (C=O) groups excluding carboxylic acids is 1. The van der Waals surface area contributed by atoms with Crippen molar-refractivity contribution >= 4 is 27.9 Å². The van der Waals surface area contributed by atoms with Gasteiger partial charge in [0.25, 0.3) is 0 Å². The summed E-state index contributed by atoms with van der Waals surface area (Å²) in [5, 5.41) is 2.94. The maximum atomic E-state index is 12.1. The number of benzene rings is 2. The maximum absolute atomic E-state index is 12.1. The molecule has 4 nitrogen and oxygen atoms in total. The van der Waals surface area contributed by atoms with Crippen molar-refractivity contribution in [2.75, 3.05) is 14.2 Å². The van der Waals surface area contributed by atoms with Crippen LogP contribution in [0.25, 0.3) is 6.08 Å². The van der Waals surface area contributed by atoms with Crippen LogP contribution in [0.5, 0.6) is 11.5 Å². The van der Waals surface area contributed by atoms with Crippen LogP contribution in [0.1, 0.15) is 24.1 Å². The summed E-state index contributed by atoms with van der Waals surface area (Å²) in [6, 6.07) is 13.3. The van der Waals surface area contributed by atoms with Gasteiger partial charge < -0.3 is 14.8 Å². The summed E-state index contributed by atoms with van der Waals surface area (Å²) in [5.74, 6) is 1.13. The average Bonchev–Trinajstić information content (AvgIpc) is 2.60. The quantitative estimate of drug-likeness (QED) is 0.746. The fourth-order valence-corrected chi connectivity index (χ4v) is 2.49. The molecular formula is C19H20BrNO3. The number of halogens is 1. The number of amides is 1. The minimum Gasteiger partial charge on any atom is -0.493 e. The van der Waals surface area contributed by atoms with Gasteiger partial charge in [-0.1, -0.05) is 34.1 Å². The van der Waals surface area contributed by atoms with E-state index >= 15 is 0 Å². The number of hydrogen-bond donors (Lipinski definition) is 1. The third kappa shape index (κ3) is 4.86. The lowest BCUT2D eigenvalue weighted by molar-refractivity contribution is -0.117. The van der Waals surface area contributed by atoms with Crippen molar-refractivity contribution in [3.63, 3.8) is 0 Å². The molecule has 0 saturated carbocycles. The van der Waals surface area contributed by atoms with Crippen molar-refractivity contribution in [2.24, 2.45) is 0 Å². The molecular weight excluding hydrogens is 370 g/mol. The molecule has 1 amide bonds. The molecule has 5 heteroatoms. The Hall–Kier alpha value is -2.27. The summed E-state index contributed by atoms with van der Waals surface area (Å²) < 4.78 is 11.5. The third-order valence-corrected chi connectivity index (χ3v) is 4.09. The second-order valence-electron chi connectivity index (χ2n) is 5.23. The molecule has 0 spiro atoms. The molecule has 2 aromatic rings. The lowest BCUT2D eigenvalue weighted by atomic mass is 10.1. The minimum atomic E-state index is -0.153. The second-order valence-corrected chi connectivity index (χ2v) is 6.15. The van der Waals surface area contributed by atoms with Gasteiger partial charge in [-0.15, -0.1) is 0 Å². The van der Waals surface area contributed by atoms with Crippen LogP contribution < -0.4 is 14.8 Å². The molecule has 24 heavy (non-hydrogen) atoms. The zero-order valence-corrected chi connectivity index (χ0v) is 15.5. The number of ether oxygens (including phenoxy) is 2. The summed E-state index contributed by atoms with van der Waals surface area (Å²) in [6.45, 7) is 1.95. The van der Waals surface area contributed by atoms with Crippen molar-refractivity contribution in [3.8, 4) is 11.5 Å². The zero-order valence-electron chi connectivity index (χ0n) is 13.9. The van der Waals surface area contributed by atoms with Crippen LogP contribution >= 0.6 is 15.9 Å². The normalized spacial score (nSPS) is 12.0. The molecule has 0 aliphatic rings. The molecule has 0 unspecified atom stereocenters. The molecule has 0 radical (unpaired) electrons. The van der Waals surface area contributed by atoms with Gasteiger partial charge in [0.1, 0.15) is 0 Å². The molecule has 126 valence electrons. The first-order valence-electron chi connectivity index (χ1n) is 7.49. The Bertz CT molecular complexity index is 726. The van der Waals surface area contributed by atoms with Gasteiger partial charge in [-0.05, 0) is 48.4 Å². The topological polar surface area (TPSA) is 47.6 Å². The molecule has 0 heterocycles. The maximum Gasteiger partial charge on any atom is 0.244 e. The first-order chi connectivity index (χ1) is 11.5. The smallest absolute Gasteiger partial charge is 0.244 e.